The van der Waals surface area contributed by atoms with Crippen LogP contribution in [0, 0.1) is 6.92 Å². The number of hydrogen-bond donors (Lipinski definition) is 7. The van der Waals surface area contributed by atoms with Crippen LogP contribution in [0.25, 0.3) is 11.2 Å². The number of aryl methyl sites for hydroxylation is 2. The van der Waals surface area contributed by atoms with Gasteiger partial charge < -0.3 is 84.2 Å². The van der Waals surface area contributed by atoms with E-state index >= 15 is 0 Å². The van der Waals surface area contributed by atoms with Crippen LogP contribution < -0.4 is 35.9 Å². The SMILES string of the molecule is Cc1cc2c(cc1Sc1nc3c(N)ncnc3n1CCCNCCCOCCOCCOCCOCCOCCCNC(=S)Nc1ccc3c(c1)C(O)OC31c3ccc(O)cc3Oc3cc(O)ccc31)OCO2. The largest absolute Gasteiger partial charge is 0.508 e. The van der Waals surface area contributed by atoms with Crippen molar-refractivity contribution < 1.29 is 58.0 Å². The molecule has 0 aliphatic carbocycles. The summed E-state index contributed by atoms with van der Waals surface area (Å²) >= 11 is 7.09. The van der Waals surface area contributed by atoms with Crippen LogP contribution in [-0.2, 0) is 40.6 Å². The molecule has 8 N–H and O–H groups in total. The van der Waals surface area contributed by atoms with Crippen molar-refractivity contribution in [3.05, 3.63) is 101 Å². The lowest BCUT2D eigenvalue weighted by Gasteiger charge is -2.37. The molecule has 0 bridgehead atoms. The number of hydrogen-bond acceptors (Lipinski definition) is 19. The molecule has 22 heteroatoms. The van der Waals surface area contributed by atoms with Gasteiger partial charge in [-0.05, 0) is 106 Å². The van der Waals surface area contributed by atoms with Gasteiger partial charge in [-0.15, -0.1) is 0 Å². The minimum Gasteiger partial charge on any atom is -0.508 e. The van der Waals surface area contributed by atoms with E-state index in [1.54, 1.807) is 42.1 Å². The number of nitrogen functional groups attached to an aromatic ring is 1. The van der Waals surface area contributed by atoms with Crippen LogP contribution in [0.15, 0.2) is 83.1 Å². The highest BCUT2D eigenvalue weighted by Crippen LogP contribution is 2.59. The number of aromatic nitrogens is 4. The molecule has 0 saturated heterocycles. The number of aliphatic hydroxyl groups excluding tert-OH is 1. The molecule has 6 aromatic rings. The number of aromatic hydroxyl groups is 2. The van der Waals surface area contributed by atoms with Crippen LogP contribution >= 0.6 is 24.0 Å². The molecule has 9 rings (SSSR count). The predicted octanol–water partition coefficient (Wildman–Crippen LogP) is 6.26. The van der Waals surface area contributed by atoms with E-state index in [-0.39, 0.29) is 18.3 Å². The summed E-state index contributed by atoms with van der Waals surface area (Å²) in [5.74, 6) is 2.58. The van der Waals surface area contributed by atoms with Gasteiger partial charge in [0.1, 0.15) is 29.3 Å². The van der Waals surface area contributed by atoms with E-state index < -0.39 is 11.9 Å². The summed E-state index contributed by atoms with van der Waals surface area (Å²) in [4.78, 5) is 14.5. The van der Waals surface area contributed by atoms with Gasteiger partial charge in [-0.2, -0.15) is 0 Å². The highest BCUT2D eigenvalue weighted by atomic mass is 32.2. The van der Waals surface area contributed by atoms with E-state index in [4.69, 9.17) is 65.6 Å². The number of aliphatic hydroxyl groups is 1. The highest BCUT2D eigenvalue weighted by Gasteiger charge is 2.52. The summed E-state index contributed by atoms with van der Waals surface area (Å²) in [5.41, 5.74) is 10.5. The third kappa shape index (κ3) is 12.5. The first-order chi connectivity index (χ1) is 35.7. The highest BCUT2D eigenvalue weighted by molar-refractivity contribution is 7.99. The molecule has 20 nitrogen and oxygen atoms in total. The molecule has 73 heavy (non-hydrogen) atoms. The van der Waals surface area contributed by atoms with Crippen LogP contribution in [0.5, 0.6) is 34.5 Å². The van der Waals surface area contributed by atoms with Gasteiger partial charge in [0.05, 0.1) is 52.9 Å². The summed E-state index contributed by atoms with van der Waals surface area (Å²) in [6, 6.07) is 19.0. The predicted molar refractivity (Wildman–Crippen MR) is 275 cm³/mol. The maximum absolute atomic E-state index is 11.2. The number of nitrogens with two attached hydrogens (primary N) is 1. The van der Waals surface area contributed by atoms with E-state index in [2.05, 4.69) is 30.5 Å². The molecule has 0 radical (unpaired) electrons. The Kier molecular flexibility index (Phi) is 17.6. The van der Waals surface area contributed by atoms with E-state index in [1.807, 2.05) is 31.2 Å². The molecule has 0 fully saturated rings. The Balaban J connectivity index is 0.557. The minimum atomic E-state index is -1.27. The van der Waals surface area contributed by atoms with Crippen molar-refractivity contribution >= 4 is 51.8 Å². The number of phenolic OH excluding ortho intramolecular Hbond substituents is 2. The van der Waals surface area contributed by atoms with Crippen LogP contribution in [0.3, 0.4) is 0 Å². The van der Waals surface area contributed by atoms with Crippen molar-refractivity contribution in [3.63, 3.8) is 0 Å². The third-order valence-corrected chi connectivity index (χ3v) is 13.6. The van der Waals surface area contributed by atoms with Crippen LogP contribution in [-0.4, -0.2) is 132 Å². The summed E-state index contributed by atoms with van der Waals surface area (Å²) < 4.78 is 53.9. The average Bonchev–Trinajstić information content (AvgIpc) is 4.06. The molecule has 0 saturated carbocycles. The molecule has 4 aromatic carbocycles. The molecule has 2 aromatic heterocycles. The number of benzene rings is 4. The number of phenols is 2. The molecule has 3 aliphatic rings. The fourth-order valence-electron chi connectivity index (χ4n) is 8.68. The third-order valence-electron chi connectivity index (χ3n) is 12.2. The van der Waals surface area contributed by atoms with E-state index in [0.717, 1.165) is 59.5 Å². The number of imidazole rings is 1. The second-order valence-corrected chi connectivity index (χ2v) is 18.6. The summed E-state index contributed by atoms with van der Waals surface area (Å²) in [6.07, 6.45) is 2.69. The molecular formula is C51H60N8O12S2. The summed E-state index contributed by atoms with van der Waals surface area (Å²) in [6.45, 7) is 10.3. The van der Waals surface area contributed by atoms with Gasteiger partial charge in [0, 0.05) is 71.3 Å². The number of nitrogens with one attached hydrogen (secondary N) is 3. The van der Waals surface area contributed by atoms with Crippen LogP contribution in [0.1, 0.15) is 53.4 Å². The number of fused-ring (bicyclic) bond motifs is 8. The van der Waals surface area contributed by atoms with Gasteiger partial charge in [0.15, 0.2) is 50.6 Å². The topological polar surface area (TPSA) is 249 Å². The Morgan fingerprint density at radius 1 is 0.753 bits per heavy atom. The molecule has 0 amide bonds. The van der Waals surface area contributed by atoms with Gasteiger partial charge in [0.25, 0.3) is 0 Å². The van der Waals surface area contributed by atoms with Gasteiger partial charge >= 0.3 is 0 Å². The quantitative estimate of drug-likeness (QED) is 0.0222. The van der Waals surface area contributed by atoms with Crippen molar-refractivity contribution in [1.29, 1.82) is 0 Å². The van der Waals surface area contributed by atoms with E-state index in [0.29, 0.717) is 141 Å². The van der Waals surface area contributed by atoms with Gasteiger partial charge in [-0.25, -0.2) is 15.0 Å². The smallest absolute Gasteiger partial charge is 0.231 e. The number of rotatable bonds is 27. The molecule has 1 atom stereocenters. The maximum Gasteiger partial charge on any atom is 0.231 e. The van der Waals surface area contributed by atoms with E-state index in [9.17, 15) is 15.3 Å². The zero-order valence-corrected chi connectivity index (χ0v) is 42.1. The Bertz CT molecular complexity index is 2810. The average molecular weight is 1040 g/mol. The monoisotopic (exact) mass is 1040 g/mol. The molecule has 388 valence electrons. The first-order valence-electron chi connectivity index (χ1n) is 24.2. The lowest BCUT2D eigenvalue weighted by Crippen LogP contribution is -2.32. The standard InChI is InChI=1S/C51H60N8O12S2/c1-32-25-42-43(69-31-68-42)29-44(32)73-50-58-45-46(52)55-30-56-47(45)59(50)14-2-11-53-12-3-15-63-17-19-65-21-23-67-24-22-66-20-18-64-16-4-13-54-49(72)57-33-5-8-37-36(26-33)48(62)71-51(37)38-9-6-34(60)27-40(38)70-41-28-35(61)7-10-39(41)51/h5-10,25-30,48,53,60-62H,2-4,11-24,31H2,1H3,(H2,52,55,56)(H2,54,57,72). The second-order valence-electron chi connectivity index (χ2n) is 17.2. The number of thiocarbonyl (C=S) groups is 1. The van der Waals surface area contributed by atoms with Crippen molar-refractivity contribution in [2.75, 3.05) is 104 Å². The van der Waals surface area contributed by atoms with Gasteiger partial charge in [-0.1, -0.05) is 17.8 Å². The Morgan fingerprint density at radius 3 is 2.03 bits per heavy atom. The Labute approximate surface area is 431 Å². The first kappa shape index (κ1) is 51.8. The molecule has 1 unspecified atom stereocenters. The fraction of sp³-hybridized carbons (Fsp3) is 0.412. The Hall–Kier alpha value is -6.05. The fourth-order valence-corrected chi connectivity index (χ4v) is 9.91. The summed E-state index contributed by atoms with van der Waals surface area (Å²) in [7, 11) is 0. The van der Waals surface area contributed by atoms with Crippen LogP contribution in [0.4, 0.5) is 11.5 Å². The zero-order valence-electron chi connectivity index (χ0n) is 40.4. The molecule has 1 spiro atoms. The normalized spacial score (nSPS) is 14.8. The van der Waals surface area contributed by atoms with E-state index in [1.165, 1.54) is 18.5 Å². The Morgan fingerprint density at radius 2 is 1.36 bits per heavy atom. The second kappa shape index (κ2) is 24.8. The first-order valence-corrected chi connectivity index (χ1v) is 25.4. The van der Waals surface area contributed by atoms with Crippen molar-refractivity contribution in [3.8, 4) is 34.5 Å². The molecule has 5 heterocycles. The number of ether oxygens (including phenoxy) is 9. The van der Waals surface area contributed by atoms with Crippen molar-refractivity contribution in [1.82, 2.24) is 30.2 Å². The van der Waals surface area contributed by atoms with Crippen LogP contribution in [0.2, 0.25) is 0 Å². The van der Waals surface area contributed by atoms with Crippen molar-refractivity contribution in [2.45, 2.75) is 54.7 Å². The summed E-state index contributed by atoms with van der Waals surface area (Å²) in [5, 5.41) is 42.7. The lowest BCUT2D eigenvalue weighted by molar-refractivity contribution is -0.142. The number of anilines is 2. The minimum absolute atomic E-state index is 0.0128. The lowest BCUT2D eigenvalue weighted by atomic mass is 9.77. The van der Waals surface area contributed by atoms with Gasteiger partial charge in [-0.3, -0.25) is 0 Å². The number of nitrogens with zero attached hydrogens (tertiary/aromatic N) is 4. The van der Waals surface area contributed by atoms with Crippen molar-refractivity contribution in [2.24, 2.45) is 0 Å². The van der Waals surface area contributed by atoms with Gasteiger partial charge in [0.2, 0.25) is 6.79 Å². The maximum atomic E-state index is 11.2. The molecular weight excluding hydrogens is 981 g/mol. The molecule has 3 aliphatic heterocycles. The zero-order chi connectivity index (χ0) is 50.6.